The van der Waals surface area contributed by atoms with Crippen molar-refractivity contribution in [2.24, 2.45) is 0 Å². The second-order valence-corrected chi connectivity index (χ2v) is 12.6. The predicted molar refractivity (Wildman–Crippen MR) is 102 cm³/mol. The van der Waals surface area contributed by atoms with Crippen LogP contribution in [0.1, 0.15) is 41.5 Å². The molecule has 4 heteroatoms. The van der Waals surface area contributed by atoms with Gasteiger partial charge in [0.2, 0.25) is 8.32 Å². The Bertz CT molecular complexity index is 399. The molecule has 0 aliphatic heterocycles. The van der Waals surface area contributed by atoms with Gasteiger partial charge in [0.05, 0.1) is 6.10 Å². The number of hydrogen-bond donors (Lipinski definition) is 1. The number of hydrogen-bond acceptors (Lipinski definition) is 3. The van der Waals surface area contributed by atoms with Crippen LogP contribution >= 0.6 is 12.6 Å². The third-order valence-corrected chi connectivity index (χ3v) is 11.0. The maximum Gasteiger partial charge on any atom is 0.200 e. The van der Waals surface area contributed by atoms with Crippen molar-refractivity contribution in [1.29, 1.82) is 0 Å². The van der Waals surface area contributed by atoms with E-state index in [-0.39, 0.29) is 6.10 Å². The smallest absolute Gasteiger partial charge is 0.200 e. The highest BCUT2D eigenvalue weighted by Gasteiger charge is 2.46. The molecule has 0 N–H and O–H groups in total. The zero-order chi connectivity index (χ0) is 16.8. The summed E-state index contributed by atoms with van der Waals surface area (Å²) in [4.78, 5) is 0. The SMILES string of the molecule is CC(C)[Si](OC(CS)COc1ccccc1)(C(C)C)C(C)C. The first-order chi connectivity index (χ1) is 10.3. The van der Waals surface area contributed by atoms with E-state index in [2.05, 4.69) is 54.2 Å². The molecule has 0 spiro atoms. The van der Waals surface area contributed by atoms with E-state index in [9.17, 15) is 0 Å². The van der Waals surface area contributed by atoms with Crippen molar-refractivity contribution in [1.82, 2.24) is 0 Å². The van der Waals surface area contributed by atoms with E-state index < -0.39 is 8.32 Å². The maximum atomic E-state index is 6.73. The molecular formula is C18H32O2SSi. The van der Waals surface area contributed by atoms with E-state index in [0.717, 1.165) is 5.75 Å². The normalized spacial score (nSPS) is 13.9. The molecule has 1 aromatic rings. The summed E-state index contributed by atoms with van der Waals surface area (Å²) in [5.41, 5.74) is 1.73. The molecular weight excluding hydrogens is 308 g/mol. The standard InChI is InChI=1S/C18H32O2SSi/c1-14(2)22(15(3)4,16(5)6)20-18(13-21)12-19-17-10-8-7-9-11-17/h7-11,14-16,18,21H,12-13H2,1-6H3. The fourth-order valence-corrected chi connectivity index (χ4v) is 9.39. The molecule has 0 amide bonds. The highest BCUT2D eigenvalue weighted by molar-refractivity contribution is 7.80. The van der Waals surface area contributed by atoms with Gasteiger partial charge in [-0.2, -0.15) is 12.6 Å². The molecule has 1 rings (SSSR count). The van der Waals surface area contributed by atoms with Gasteiger partial charge in [-0.25, -0.2) is 0 Å². The van der Waals surface area contributed by atoms with Crippen molar-refractivity contribution >= 4 is 20.9 Å². The minimum absolute atomic E-state index is 0.0439. The fourth-order valence-electron chi connectivity index (χ4n) is 3.53. The fraction of sp³-hybridized carbons (Fsp3) is 0.667. The number of para-hydroxylation sites is 1. The molecule has 0 bridgehead atoms. The average molecular weight is 341 g/mol. The van der Waals surface area contributed by atoms with E-state index in [1.165, 1.54) is 0 Å². The van der Waals surface area contributed by atoms with Crippen LogP contribution < -0.4 is 4.74 Å². The van der Waals surface area contributed by atoms with Gasteiger partial charge in [-0.05, 0) is 28.8 Å². The first-order valence-electron chi connectivity index (χ1n) is 8.31. The summed E-state index contributed by atoms with van der Waals surface area (Å²) in [6.45, 7) is 14.4. The summed E-state index contributed by atoms with van der Waals surface area (Å²) in [7, 11) is -1.88. The number of ether oxygens (including phenoxy) is 1. The molecule has 0 aromatic heterocycles. The summed E-state index contributed by atoms with van der Waals surface area (Å²) in [6, 6.07) is 9.93. The van der Waals surface area contributed by atoms with Crippen LogP contribution in [0.15, 0.2) is 30.3 Å². The first kappa shape index (κ1) is 19.6. The molecule has 1 unspecified atom stereocenters. The molecule has 0 saturated carbocycles. The monoisotopic (exact) mass is 340 g/mol. The second-order valence-electron chi connectivity index (χ2n) is 6.86. The lowest BCUT2D eigenvalue weighted by molar-refractivity contribution is 0.128. The summed E-state index contributed by atoms with van der Waals surface area (Å²) in [5.74, 6) is 1.58. The molecule has 0 aliphatic rings. The Balaban J connectivity index is 2.80. The lowest BCUT2D eigenvalue weighted by Crippen LogP contribution is -2.51. The highest BCUT2D eigenvalue weighted by Crippen LogP contribution is 2.43. The topological polar surface area (TPSA) is 18.5 Å². The summed E-state index contributed by atoms with van der Waals surface area (Å²) < 4.78 is 12.6. The number of benzene rings is 1. The zero-order valence-corrected chi connectivity index (χ0v) is 16.8. The number of thiol groups is 1. The van der Waals surface area contributed by atoms with Crippen LogP contribution in [0, 0.1) is 0 Å². The summed E-state index contributed by atoms with van der Waals surface area (Å²) in [5, 5.41) is 0. The van der Waals surface area contributed by atoms with Crippen molar-refractivity contribution in [3.63, 3.8) is 0 Å². The Morgan fingerprint density at radius 2 is 1.41 bits per heavy atom. The number of rotatable bonds is 9. The average Bonchev–Trinajstić information content (AvgIpc) is 2.47. The Hall–Kier alpha value is -0.453. The molecule has 0 heterocycles. The van der Waals surface area contributed by atoms with E-state index in [0.29, 0.717) is 29.0 Å². The van der Waals surface area contributed by atoms with Crippen molar-refractivity contribution in [2.45, 2.75) is 64.3 Å². The molecule has 0 fully saturated rings. The largest absolute Gasteiger partial charge is 0.491 e. The minimum Gasteiger partial charge on any atom is -0.491 e. The second kappa shape index (κ2) is 8.99. The van der Waals surface area contributed by atoms with E-state index in [1.54, 1.807) is 0 Å². The van der Waals surface area contributed by atoms with Gasteiger partial charge in [-0.3, -0.25) is 0 Å². The molecule has 2 nitrogen and oxygen atoms in total. The van der Waals surface area contributed by atoms with Gasteiger partial charge in [-0.15, -0.1) is 0 Å². The molecule has 126 valence electrons. The van der Waals surface area contributed by atoms with Gasteiger partial charge in [0, 0.05) is 5.75 Å². The lowest BCUT2D eigenvalue weighted by Gasteiger charge is -2.44. The van der Waals surface area contributed by atoms with E-state index in [4.69, 9.17) is 9.16 Å². The van der Waals surface area contributed by atoms with Gasteiger partial charge < -0.3 is 9.16 Å². The van der Waals surface area contributed by atoms with Gasteiger partial charge in [0.25, 0.3) is 0 Å². The first-order valence-corrected chi connectivity index (χ1v) is 11.1. The van der Waals surface area contributed by atoms with Crippen LogP contribution in [0.5, 0.6) is 5.75 Å². The maximum absolute atomic E-state index is 6.73. The minimum atomic E-state index is -1.88. The van der Waals surface area contributed by atoms with Gasteiger partial charge in [0.15, 0.2) is 0 Å². The molecule has 1 atom stereocenters. The van der Waals surface area contributed by atoms with Crippen LogP contribution in [-0.4, -0.2) is 26.8 Å². The van der Waals surface area contributed by atoms with Crippen molar-refractivity contribution in [3.8, 4) is 5.75 Å². The third-order valence-electron chi connectivity index (χ3n) is 4.46. The van der Waals surface area contributed by atoms with Crippen molar-refractivity contribution in [3.05, 3.63) is 30.3 Å². The molecule has 0 aliphatic carbocycles. The van der Waals surface area contributed by atoms with Crippen LogP contribution in [0.3, 0.4) is 0 Å². The third kappa shape index (κ3) is 4.77. The predicted octanol–water partition coefficient (Wildman–Crippen LogP) is 5.56. The summed E-state index contributed by atoms with van der Waals surface area (Å²) >= 11 is 4.50. The lowest BCUT2D eigenvalue weighted by atomic mass is 10.3. The van der Waals surface area contributed by atoms with E-state index in [1.807, 2.05) is 30.3 Å². The Kier molecular flexibility index (Phi) is 8.01. The van der Waals surface area contributed by atoms with Gasteiger partial charge in [0.1, 0.15) is 12.4 Å². The van der Waals surface area contributed by atoms with Crippen LogP contribution in [0.2, 0.25) is 16.6 Å². The molecule has 22 heavy (non-hydrogen) atoms. The van der Waals surface area contributed by atoms with Crippen molar-refractivity contribution < 1.29 is 9.16 Å². The van der Waals surface area contributed by atoms with Crippen LogP contribution in [0.25, 0.3) is 0 Å². The molecule has 0 saturated heterocycles. The summed E-state index contributed by atoms with van der Waals surface area (Å²) in [6.07, 6.45) is 0.0439. The Morgan fingerprint density at radius 3 is 1.82 bits per heavy atom. The quantitative estimate of drug-likeness (QED) is 0.469. The Labute approximate surface area is 143 Å². The molecule has 0 radical (unpaired) electrons. The Morgan fingerprint density at radius 1 is 0.909 bits per heavy atom. The molecule has 1 aromatic carbocycles. The van der Waals surface area contributed by atoms with Crippen molar-refractivity contribution in [2.75, 3.05) is 12.4 Å². The van der Waals surface area contributed by atoms with Gasteiger partial charge >= 0.3 is 0 Å². The zero-order valence-electron chi connectivity index (χ0n) is 14.9. The van der Waals surface area contributed by atoms with Crippen LogP contribution in [-0.2, 0) is 4.43 Å². The van der Waals surface area contributed by atoms with E-state index >= 15 is 0 Å². The highest BCUT2D eigenvalue weighted by atomic mass is 32.1. The van der Waals surface area contributed by atoms with Crippen LogP contribution in [0.4, 0.5) is 0 Å². The van der Waals surface area contributed by atoms with Gasteiger partial charge in [-0.1, -0.05) is 59.7 Å².